The van der Waals surface area contributed by atoms with Gasteiger partial charge in [0.25, 0.3) is 0 Å². The molecule has 1 heterocycles. The number of pyridine rings is 1. The zero-order valence-corrected chi connectivity index (χ0v) is 11.0. The quantitative estimate of drug-likeness (QED) is 0.898. The average molecular weight is 242 g/mol. The fraction of sp³-hybridized carbons (Fsp3) is 0.333. The standard InChI is InChI=1S/C15H18N2O/c1-10(2)15(16-11(3)18)14-9-8-12-6-4-5-7-13(12)17-14/h4-10,15H,1-3H3,(H,16,18). The van der Waals surface area contributed by atoms with Crippen molar-refractivity contribution in [3.8, 4) is 0 Å². The number of aromatic nitrogens is 1. The van der Waals surface area contributed by atoms with Crippen LogP contribution in [0, 0.1) is 5.92 Å². The maximum atomic E-state index is 11.3. The number of amides is 1. The molecule has 1 amide bonds. The first-order chi connectivity index (χ1) is 8.58. The van der Waals surface area contributed by atoms with E-state index in [-0.39, 0.29) is 11.9 Å². The van der Waals surface area contributed by atoms with Crippen LogP contribution in [0.1, 0.15) is 32.5 Å². The summed E-state index contributed by atoms with van der Waals surface area (Å²) in [4.78, 5) is 15.9. The van der Waals surface area contributed by atoms with Gasteiger partial charge in [0.1, 0.15) is 0 Å². The van der Waals surface area contributed by atoms with Gasteiger partial charge >= 0.3 is 0 Å². The zero-order chi connectivity index (χ0) is 13.1. The highest BCUT2D eigenvalue weighted by molar-refractivity contribution is 5.78. The largest absolute Gasteiger partial charge is 0.348 e. The molecule has 0 aliphatic carbocycles. The van der Waals surface area contributed by atoms with E-state index in [9.17, 15) is 4.79 Å². The van der Waals surface area contributed by atoms with Crippen molar-refractivity contribution >= 4 is 16.8 Å². The van der Waals surface area contributed by atoms with Gasteiger partial charge in [-0.3, -0.25) is 9.78 Å². The predicted octanol–water partition coefficient (Wildman–Crippen LogP) is 3.07. The van der Waals surface area contributed by atoms with Gasteiger partial charge in [-0.1, -0.05) is 38.1 Å². The highest BCUT2D eigenvalue weighted by Gasteiger charge is 2.18. The Morgan fingerprint density at radius 3 is 2.56 bits per heavy atom. The number of fused-ring (bicyclic) bond motifs is 1. The third kappa shape index (κ3) is 2.67. The lowest BCUT2D eigenvalue weighted by Gasteiger charge is -2.21. The third-order valence-electron chi connectivity index (χ3n) is 2.96. The summed E-state index contributed by atoms with van der Waals surface area (Å²) in [5, 5.41) is 4.08. The van der Waals surface area contributed by atoms with Crippen molar-refractivity contribution in [2.24, 2.45) is 5.92 Å². The Morgan fingerprint density at radius 1 is 1.17 bits per heavy atom. The van der Waals surface area contributed by atoms with Crippen molar-refractivity contribution in [1.29, 1.82) is 0 Å². The summed E-state index contributed by atoms with van der Waals surface area (Å²) in [6, 6.07) is 12.0. The summed E-state index contributed by atoms with van der Waals surface area (Å²) in [6.07, 6.45) is 0. The molecule has 1 aromatic carbocycles. The van der Waals surface area contributed by atoms with E-state index in [2.05, 4.69) is 30.2 Å². The Kier molecular flexibility index (Phi) is 3.60. The Bertz CT molecular complexity index is 563. The summed E-state index contributed by atoms with van der Waals surface area (Å²) in [6.45, 7) is 5.70. The molecule has 0 aliphatic heterocycles. The Morgan fingerprint density at radius 2 is 1.89 bits per heavy atom. The van der Waals surface area contributed by atoms with E-state index in [1.54, 1.807) is 0 Å². The van der Waals surface area contributed by atoms with Crippen LogP contribution in [0.3, 0.4) is 0 Å². The van der Waals surface area contributed by atoms with Crippen LogP contribution in [0.4, 0.5) is 0 Å². The van der Waals surface area contributed by atoms with Crippen LogP contribution in [0.2, 0.25) is 0 Å². The number of carbonyl (C=O) groups excluding carboxylic acids is 1. The second-order valence-electron chi connectivity index (χ2n) is 4.85. The number of rotatable bonds is 3. The van der Waals surface area contributed by atoms with Gasteiger partial charge in [0.15, 0.2) is 0 Å². The van der Waals surface area contributed by atoms with E-state index < -0.39 is 0 Å². The Labute approximate surface area is 107 Å². The molecule has 0 aliphatic rings. The second kappa shape index (κ2) is 5.17. The minimum Gasteiger partial charge on any atom is -0.348 e. The maximum absolute atomic E-state index is 11.3. The molecule has 1 N–H and O–H groups in total. The minimum atomic E-state index is -0.0351. The van der Waals surface area contributed by atoms with E-state index in [1.165, 1.54) is 6.92 Å². The van der Waals surface area contributed by atoms with E-state index in [0.717, 1.165) is 16.6 Å². The van der Waals surface area contributed by atoms with Gasteiger partial charge in [-0.05, 0) is 18.1 Å². The normalized spacial score (nSPS) is 12.7. The molecule has 3 heteroatoms. The smallest absolute Gasteiger partial charge is 0.217 e. The minimum absolute atomic E-state index is 0.0244. The summed E-state index contributed by atoms with van der Waals surface area (Å²) < 4.78 is 0. The number of benzene rings is 1. The first-order valence-corrected chi connectivity index (χ1v) is 6.20. The lowest BCUT2D eigenvalue weighted by atomic mass is 9.99. The molecule has 18 heavy (non-hydrogen) atoms. The Balaban J connectivity index is 2.41. The van der Waals surface area contributed by atoms with E-state index in [1.807, 2.05) is 30.3 Å². The molecule has 0 saturated heterocycles. The van der Waals surface area contributed by atoms with Crippen molar-refractivity contribution in [3.63, 3.8) is 0 Å². The molecule has 0 fully saturated rings. The van der Waals surface area contributed by atoms with Gasteiger partial charge < -0.3 is 5.32 Å². The topological polar surface area (TPSA) is 42.0 Å². The van der Waals surface area contributed by atoms with E-state index in [4.69, 9.17) is 0 Å². The molecule has 0 bridgehead atoms. The van der Waals surface area contributed by atoms with Crippen molar-refractivity contribution in [2.75, 3.05) is 0 Å². The van der Waals surface area contributed by atoms with E-state index >= 15 is 0 Å². The summed E-state index contributed by atoms with van der Waals surface area (Å²) >= 11 is 0. The van der Waals surface area contributed by atoms with Crippen LogP contribution in [0.15, 0.2) is 36.4 Å². The van der Waals surface area contributed by atoms with Crippen LogP contribution in [-0.4, -0.2) is 10.9 Å². The highest BCUT2D eigenvalue weighted by atomic mass is 16.1. The monoisotopic (exact) mass is 242 g/mol. The number of para-hydroxylation sites is 1. The van der Waals surface area contributed by atoms with Crippen molar-refractivity contribution < 1.29 is 4.79 Å². The number of carbonyl (C=O) groups is 1. The molecule has 1 atom stereocenters. The fourth-order valence-corrected chi connectivity index (χ4v) is 2.06. The molecule has 2 rings (SSSR count). The fourth-order valence-electron chi connectivity index (χ4n) is 2.06. The van der Waals surface area contributed by atoms with Crippen LogP contribution in [-0.2, 0) is 4.79 Å². The SMILES string of the molecule is CC(=O)NC(c1ccc2ccccc2n1)C(C)C. The van der Waals surface area contributed by atoms with Crippen LogP contribution >= 0.6 is 0 Å². The van der Waals surface area contributed by atoms with Gasteiger partial charge in [0, 0.05) is 12.3 Å². The lowest BCUT2D eigenvalue weighted by molar-refractivity contribution is -0.120. The summed E-state index contributed by atoms with van der Waals surface area (Å²) in [5.74, 6) is 0.284. The molecule has 94 valence electrons. The van der Waals surface area contributed by atoms with Gasteiger partial charge in [-0.15, -0.1) is 0 Å². The molecule has 0 saturated carbocycles. The summed E-state index contributed by atoms with van der Waals surface area (Å²) in [7, 11) is 0. The van der Waals surface area contributed by atoms with Crippen molar-refractivity contribution in [1.82, 2.24) is 10.3 Å². The van der Waals surface area contributed by atoms with Gasteiger partial charge in [-0.25, -0.2) is 0 Å². The number of hydrogen-bond donors (Lipinski definition) is 1. The molecule has 3 nitrogen and oxygen atoms in total. The maximum Gasteiger partial charge on any atom is 0.217 e. The lowest BCUT2D eigenvalue weighted by Crippen LogP contribution is -2.30. The van der Waals surface area contributed by atoms with Crippen LogP contribution in [0.25, 0.3) is 10.9 Å². The average Bonchev–Trinajstić information content (AvgIpc) is 2.35. The second-order valence-corrected chi connectivity index (χ2v) is 4.85. The van der Waals surface area contributed by atoms with Crippen LogP contribution < -0.4 is 5.32 Å². The molecular weight excluding hydrogens is 224 g/mol. The molecule has 0 radical (unpaired) electrons. The third-order valence-corrected chi connectivity index (χ3v) is 2.96. The van der Waals surface area contributed by atoms with Gasteiger partial charge in [0.2, 0.25) is 5.91 Å². The van der Waals surface area contributed by atoms with Crippen molar-refractivity contribution in [2.45, 2.75) is 26.8 Å². The molecule has 1 unspecified atom stereocenters. The zero-order valence-electron chi connectivity index (χ0n) is 11.0. The first-order valence-electron chi connectivity index (χ1n) is 6.20. The van der Waals surface area contributed by atoms with E-state index in [0.29, 0.717) is 5.92 Å². The first kappa shape index (κ1) is 12.6. The van der Waals surface area contributed by atoms with Crippen molar-refractivity contribution in [3.05, 3.63) is 42.1 Å². The highest BCUT2D eigenvalue weighted by Crippen LogP contribution is 2.22. The number of hydrogen-bond acceptors (Lipinski definition) is 2. The number of nitrogens with one attached hydrogen (secondary N) is 1. The Hall–Kier alpha value is -1.90. The summed E-state index contributed by atoms with van der Waals surface area (Å²) in [5.41, 5.74) is 1.88. The molecule has 2 aromatic rings. The molecule has 1 aromatic heterocycles. The van der Waals surface area contributed by atoms with Gasteiger partial charge in [0.05, 0.1) is 17.3 Å². The predicted molar refractivity (Wildman–Crippen MR) is 73.1 cm³/mol. The molecular formula is C15H18N2O. The molecule has 0 spiro atoms. The van der Waals surface area contributed by atoms with Crippen LogP contribution in [0.5, 0.6) is 0 Å². The number of nitrogens with zero attached hydrogens (tertiary/aromatic N) is 1. The van der Waals surface area contributed by atoms with Gasteiger partial charge in [-0.2, -0.15) is 0 Å².